The molecule has 0 fully saturated rings. The average Bonchev–Trinajstić information content (AvgIpc) is 2.99. The van der Waals surface area contributed by atoms with Gasteiger partial charge in [0.15, 0.2) is 0 Å². The third-order valence-corrected chi connectivity index (χ3v) is 4.96. The van der Waals surface area contributed by atoms with E-state index >= 15 is 0 Å². The predicted molar refractivity (Wildman–Crippen MR) is 86.0 cm³/mol. The van der Waals surface area contributed by atoms with Crippen molar-refractivity contribution in [3.05, 3.63) is 54.4 Å². The van der Waals surface area contributed by atoms with Crippen molar-refractivity contribution >= 4 is 10.0 Å². The minimum absolute atomic E-state index is 0.190. The van der Waals surface area contributed by atoms with Gasteiger partial charge < -0.3 is 4.57 Å². The molecule has 0 radical (unpaired) electrons. The van der Waals surface area contributed by atoms with Crippen molar-refractivity contribution < 1.29 is 8.42 Å². The second kappa shape index (κ2) is 6.91. The lowest BCUT2D eigenvalue weighted by Gasteiger charge is -2.15. The van der Waals surface area contributed by atoms with Crippen LogP contribution in [0, 0.1) is 0 Å². The summed E-state index contributed by atoms with van der Waals surface area (Å²) in [6, 6.07) is 11.6. The van der Waals surface area contributed by atoms with Gasteiger partial charge in [0.05, 0.1) is 5.75 Å². The smallest absolute Gasteiger partial charge is 0.212 e. The molecule has 0 unspecified atom stereocenters. The van der Waals surface area contributed by atoms with E-state index in [0.29, 0.717) is 6.42 Å². The molecule has 1 aromatic carbocycles. The van der Waals surface area contributed by atoms with E-state index in [2.05, 4.69) is 4.72 Å². The van der Waals surface area contributed by atoms with Gasteiger partial charge in [-0.2, -0.15) is 0 Å². The van der Waals surface area contributed by atoms with Gasteiger partial charge in [-0.1, -0.05) is 25.5 Å². The zero-order chi connectivity index (χ0) is 15.3. The average molecular weight is 306 g/mol. The Morgan fingerprint density at radius 1 is 1.14 bits per heavy atom. The van der Waals surface area contributed by atoms with Crippen LogP contribution in [-0.2, 0) is 10.0 Å². The summed E-state index contributed by atoms with van der Waals surface area (Å²) in [4.78, 5) is 0. The van der Waals surface area contributed by atoms with Crippen LogP contribution in [0.4, 0.5) is 0 Å². The lowest BCUT2D eigenvalue weighted by molar-refractivity contribution is 0.564. The number of benzene rings is 1. The van der Waals surface area contributed by atoms with Crippen LogP contribution in [0.25, 0.3) is 5.69 Å². The minimum atomic E-state index is -3.20. The molecule has 1 atom stereocenters. The first-order valence-corrected chi connectivity index (χ1v) is 8.90. The van der Waals surface area contributed by atoms with Crippen molar-refractivity contribution in [2.75, 3.05) is 5.75 Å². The van der Waals surface area contributed by atoms with Gasteiger partial charge in [-0.25, -0.2) is 13.1 Å². The van der Waals surface area contributed by atoms with E-state index in [0.717, 1.165) is 17.7 Å². The van der Waals surface area contributed by atoms with Gasteiger partial charge in [-0.05, 0) is 43.2 Å². The molecule has 0 saturated heterocycles. The third kappa shape index (κ3) is 4.44. The summed E-state index contributed by atoms with van der Waals surface area (Å²) in [7, 11) is -3.20. The largest absolute Gasteiger partial charge is 0.324 e. The summed E-state index contributed by atoms with van der Waals surface area (Å²) in [5.74, 6) is 0.190. The van der Waals surface area contributed by atoms with Crippen molar-refractivity contribution in [2.45, 2.75) is 32.7 Å². The first-order valence-electron chi connectivity index (χ1n) is 7.25. The van der Waals surface area contributed by atoms with Crippen LogP contribution < -0.4 is 4.72 Å². The summed E-state index contributed by atoms with van der Waals surface area (Å²) >= 11 is 0. The Labute approximate surface area is 126 Å². The van der Waals surface area contributed by atoms with Crippen molar-refractivity contribution in [3.63, 3.8) is 0 Å². The lowest BCUT2D eigenvalue weighted by atomic mass is 10.1. The number of hydrogen-bond donors (Lipinski definition) is 1. The molecule has 0 aliphatic carbocycles. The molecule has 5 heteroatoms. The van der Waals surface area contributed by atoms with Crippen molar-refractivity contribution in [1.29, 1.82) is 0 Å². The fraction of sp³-hybridized carbons (Fsp3) is 0.375. The highest BCUT2D eigenvalue weighted by Gasteiger charge is 2.15. The molecule has 1 N–H and O–H groups in total. The number of nitrogens with one attached hydrogen (secondary N) is 1. The molecule has 0 aliphatic rings. The molecule has 114 valence electrons. The van der Waals surface area contributed by atoms with Crippen molar-refractivity contribution in [3.8, 4) is 5.69 Å². The van der Waals surface area contributed by atoms with Gasteiger partial charge in [0, 0.05) is 24.1 Å². The molecule has 1 aromatic heterocycles. The second-order valence-corrected chi connectivity index (χ2v) is 7.07. The first-order chi connectivity index (χ1) is 10.0. The molecule has 0 aliphatic heterocycles. The topological polar surface area (TPSA) is 51.1 Å². The van der Waals surface area contributed by atoms with Crippen LogP contribution in [-0.4, -0.2) is 18.7 Å². The Hall–Kier alpha value is -1.59. The maximum Gasteiger partial charge on any atom is 0.212 e. The maximum atomic E-state index is 11.9. The number of rotatable bonds is 7. The lowest BCUT2D eigenvalue weighted by Crippen LogP contribution is -2.29. The Bertz CT molecular complexity index is 646. The number of nitrogens with zero attached hydrogens (tertiary/aromatic N) is 1. The van der Waals surface area contributed by atoms with Gasteiger partial charge in [-0.3, -0.25) is 0 Å². The SMILES string of the molecule is CCCCS(=O)(=O)N[C@@H](C)c1ccc(-n2cccc2)cc1. The molecule has 2 aromatic rings. The molecule has 21 heavy (non-hydrogen) atoms. The summed E-state index contributed by atoms with van der Waals surface area (Å²) in [5, 5.41) is 0. The highest BCUT2D eigenvalue weighted by Crippen LogP contribution is 2.17. The fourth-order valence-corrected chi connectivity index (χ4v) is 3.63. The van der Waals surface area contributed by atoms with Crippen LogP contribution >= 0.6 is 0 Å². The quantitative estimate of drug-likeness (QED) is 0.853. The number of hydrogen-bond acceptors (Lipinski definition) is 2. The van der Waals surface area contributed by atoms with Crippen molar-refractivity contribution in [2.24, 2.45) is 0 Å². The number of aromatic nitrogens is 1. The highest BCUT2D eigenvalue weighted by atomic mass is 32.2. The maximum absolute atomic E-state index is 11.9. The highest BCUT2D eigenvalue weighted by molar-refractivity contribution is 7.89. The van der Waals surface area contributed by atoms with E-state index < -0.39 is 10.0 Å². The molecule has 1 heterocycles. The summed E-state index contributed by atoms with van der Waals surface area (Å²) in [6.07, 6.45) is 5.52. The number of sulfonamides is 1. The Kier molecular flexibility index (Phi) is 5.20. The molecule has 4 nitrogen and oxygen atoms in total. The normalized spacial score (nSPS) is 13.2. The Morgan fingerprint density at radius 3 is 2.33 bits per heavy atom. The zero-order valence-electron chi connectivity index (χ0n) is 12.5. The van der Waals surface area contributed by atoms with Gasteiger partial charge in [0.1, 0.15) is 0 Å². The van der Waals surface area contributed by atoms with Crippen molar-refractivity contribution in [1.82, 2.24) is 9.29 Å². The molecular weight excluding hydrogens is 284 g/mol. The molecule has 0 saturated carbocycles. The van der Waals surface area contributed by atoms with Gasteiger partial charge >= 0.3 is 0 Å². The van der Waals surface area contributed by atoms with Crippen LogP contribution in [0.2, 0.25) is 0 Å². The van der Waals surface area contributed by atoms with E-state index in [4.69, 9.17) is 0 Å². The monoisotopic (exact) mass is 306 g/mol. The first kappa shape index (κ1) is 15.8. The van der Waals surface area contributed by atoms with E-state index in [1.165, 1.54) is 0 Å². The summed E-state index contributed by atoms with van der Waals surface area (Å²) < 4.78 is 28.6. The molecular formula is C16H22N2O2S. The minimum Gasteiger partial charge on any atom is -0.324 e. The van der Waals surface area contributed by atoms with Gasteiger partial charge in [0.2, 0.25) is 10.0 Å². The van der Waals surface area contributed by atoms with E-state index in [-0.39, 0.29) is 11.8 Å². The second-order valence-electron chi connectivity index (χ2n) is 5.19. The fourth-order valence-electron chi connectivity index (χ4n) is 2.17. The van der Waals surface area contributed by atoms with Gasteiger partial charge in [0.25, 0.3) is 0 Å². The summed E-state index contributed by atoms with van der Waals surface area (Å²) in [5.41, 5.74) is 2.02. The Morgan fingerprint density at radius 2 is 1.76 bits per heavy atom. The van der Waals surface area contributed by atoms with E-state index in [9.17, 15) is 8.42 Å². The molecule has 2 rings (SSSR count). The van der Waals surface area contributed by atoms with Crippen LogP contribution in [0.3, 0.4) is 0 Å². The van der Waals surface area contributed by atoms with Crippen LogP contribution in [0.1, 0.15) is 38.3 Å². The van der Waals surface area contributed by atoms with E-state index in [1.54, 1.807) is 0 Å². The molecule has 0 bridgehead atoms. The molecule has 0 spiro atoms. The molecule has 0 amide bonds. The number of unbranched alkanes of at least 4 members (excludes halogenated alkanes) is 1. The predicted octanol–water partition coefficient (Wildman–Crippen LogP) is 3.26. The van der Waals surface area contributed by atoms with E-state index in [1.807, 2.05) is 67.2 Å². The Balaban J connectivity index is 2.05. The zero-order valence-corrected chi connectivity index (χ0v) is 13.3. The third-order valence-electron chi connectivity index (χ3n) is 3.42. The van der Waals surface area contributed by atoms with Crippen LogP contribution in [0.15, 0.2) is 48.8 Å². The van der Waals surface area contributed by atoms with Crippen LogP contribution in [0.5, 0.6) is 0 Å². The standard InChI is InChI=1S/C16H22N2O2S/c1-3-4-13-21(19,20)17-14(2)15-7-9-16(10-8-15)18-11-5-6-12-18/h5-12,14,17H,3-4,13H2,1-2H3/t14-/m0/s1. The van der Waals surface area contributed by atoms with Gasteiger partial charge in [-0.15, -0.1) is 0 Å². The summed E-state index contributed by atoms with van der Waals surface area (Å²) in [6.45, 7) is 3.85.